The Labute approximate surface area is 284 Å². The van der Waals surface area contributed by atoms with Crippen LogP contribution in [0.15, 0.2) is 78.5 Å². The SMILES string of the molecule is CCOC(=O)C1=C(C)N=c2s/c(=C\c3cc(Br)c(OCc4ccc(F)cc4)c(OC)c3)c(=O)n2[C@@H]1c1cc(OC)c(OC)cc1Br. The van der Waals surface area contributed by atoms with Crippen molar-refractivity contribution in [1.82, 2.24) is 4.57 Å². The van der Waals surface area contributed by atoms with Crippen molar-refractivity contribution in [2.24, 2.45) is 4.99 Å². The van der Waals surface area contributed by atoms with Gasteiger partial charge in [0.15, 0.2) is 27.8 Å². The molecule has 0 spiro atoms. The van der Waals surface area contributed by atoms with E-state index in [-0.39, 0.29) is 30.2 Å². The van der Waals surface area contributed by atoms with Crippen molar-refractivity contribution < 1.29 is 32.9 Å². The lowest BCUT2D eigenvalue weighted by Gasteiger charge is -2.26. The number of carbonyl (C=O) groups excluding carboxylic acids is 1. The van der Waals surface area contributed by atoms with E-state index in [4.69, 9.17) is 23.7 Å². The second-order valence-corrected chi connectivity index (χ2v) is 12.7. The molecule has 1 aliphatic rings. The van der Waals surface area contributed by atoms with Crippen LogP contribution in [0, 0.1) is 5.82 Å². The summed E-state index contributed by atoms with van der Waals surface area (Å²) in [5.74, 6) is 0.899. The lowest BCUT2D eigenvalue weighted by atomic mass is 9.95. The lowest BCUT2D eigenvalue weighted by molar-refractivity contribution is -0.139. The summed E-state index contributed by atoms with van der Waals surface area (Å²) in [6, 6.07) is 12.2. The van der Waals surface area contributed by atoms with Crippen LogP contribution in [0.4, 0.5) is 4.39 Å². The average molecular weight is 776 g/mol. The van der Waals surface area contributed by atoms with E-state index in [1.807, 2.05) is 0 Å². The summed E-state index contributed by atoms with van der Waals surface area (Å²) in [6.45, 7) is 3.79. The first-order chi connectivity index (χ1) is 22.1. The Hall–Kier alpha value is -3.94. The molecule has 0 bridgehead atoms. The van der Waals surface area contributed by atoms with Crippen molar-refractivity contribution in [2.45, 2.75) is 26.5 Å². The van der Waals surface area contributed by atoms with Gasteiger partial charge in [-0.3, -0.25) is 9.36 Å². The van der Waals surface area contributed by atoms with Gasteiger partial charge in [0.1, 0.15) is 12.4 Å². The maximum Gasteiger partial charge on any atom is 0.338 e. The summed E-state index contributed by atoms with van der Waals surface area (Å²) in [7, 11) is 4.56. The topological polar surface area (TPSA) is 97.6 Å². The van der Waals surface area contributed by atoms with Crippen LogP contribution in [0.1, 0.15) is 36.6 Å². The molecule has 0 saturated heterocycles. The van der Waals surface area contributed by atoms with Crippen molar-refractivity contribution in [2.75, 3.05) is 27.9 Å². The molecule has 2 heterocycles. The Balaban J connectivity index is 1.62. The van der Waals surface area contributed by atoms with E-state index >= 15 is 0 Å². The normalized spacial score (nSPS) is 14.4. The molecule has 240 valence electrons. The zero-order chi connectivity index (χ0) is 33.1. The van der Waals surface area contributed by atoms with E-state index in [1.165, 1.54) is 49.4 Å². The van der Waals surface area contributed by atoms with Crippen molar-refractivity contribution >= 4 is 55.2 Å². The predicted octanol–water partition coefficient (Wildman–Crippen LogP) is 6.07. The molecule has 3 aromatic carbocycles. The Bertz CT molecular complexity index is 2020. The number of thiazole rings is 1. The molecule has 1 atom stereocenters. The fourth-order valence-corrected chi connectivity index (χ4v) is 7.18. The lowest BCUT2D eigenvalue weighted by Crippen LogP contribution is -2.40. The van der Waals surface area contributed by atoms with Crippen LogP contribution in [0.3, 0.4) is 0 Å². The van der Waals surface area contributed by atoms with Crippen molar-refractivity contribution in [1.29, 1.82) is 0 Å². The van der Waals surface area contributed by atoms with E-state index in [1.54, 1.807) is 56.3 Å². The number of fused-ring (bicyclic) bond motifs is 1. The number of hydrogen-bond donors (Lipinski definition) is 0. The molecule has 0 unspecified atom stereocenters. The fraction of sp³-hybridized carbons (Fsp3) is 0.242. The minimum Gasteiger partial charge on any atom is -0.493 e. The van der Waals surface area contributed by atoms with Crippen molar-refractivity contribution in [3.63, 3.8) is 0 Å². The smallest absolute Gasteiger partial charge is 0.338 e. The summed E-state index contributed by atoms with van der Waals surface area (Å²) in [5, 5.41) is 0. The highest BCUT2D eigenvalue weighted by atomic mass is 79.9. The van der Waals surface area contributed by atoms with Gasteiger partial charge in [-0.1, -0.05) is 39.4 Å². The van der Waals surface area contributed by atoms with Crippen LogP contribution in [0.25, 0.3) is 6.08 Å². The van der Waals surface area contributed by atoms with Gasteiger partial charge in [0.05, 0.1) is 54.3 Å². The van der Waals surface area contributed by atoms with Crippen molar-refractivity contribution in [3.05, 3.63) is 111 Å². The number of esters is 1. The predicted molar refractivity (Wildman–Crippen MR) is 179 cm³/mol. The molecule has 0 N–H and O–H groups in total. The average Bonchev–Trinajstić information content (AvgIpc) is 3.33. The third kappa shape index (κ3) is 6.62. The first kappa shape index (κ1) is 33.4. The number of rotatable bonds is 10. The highest BCUT2D eigenvalue weighted by molar-refractivity contribution is 9.10. The molecule has 0 radical (unpaired) electrons. The highest BCUT2D eigenvalue weighted by Crippen LogP contribution is 2.41. The van der Waals surface area contributed by atoms with E-state index < -0.39 is 12.0 Å². The number of methoxy groups -OCH3 is 3. The summed E-state index contributed by atoms with van der Waals surface area (Å²) >= 11 is 8.37. The Morgan fingerprint density at radius 1 is 1.00 bits per heavy atom. The zero-order valence-electron chi connectivity index (χ0n) is 25.5. The number of nitrogens with zero attached hydrogens (tertiary/aromatic N) is 2. The molecule has 5 rings (SSSR count). The molecule has 9 nitrogen and oxygen atoms in total. The van der Waals surface area contributed by atoms with Crippen LogP contribution in [-0.2, 0) is 16.1 Å². The van der Waals surface area contributed by atoms with Gasteiger partial charge in [-0.05, 0) is 88.9 Å². The van der Waals surface area contributed by atoms with Crippen molar-refractivity contribution in [3.8, 4) is 23.0 Å². The van der Waals surface area contributed by atoms with Gasteiger partial charge < -0.3 is 23.7 Å². The number of carbonyl (C=O) groups is 1. The quantitative estimate of drug-likeness (QED) is 0.181. The number of ether oxygens (including phenoxy) is 5. The molecular weight excluding hydrogens is 747 g/mol. The van der Waals surface area contributed by atoms with Gasteiger partial charge in [-0.2, -0.15) is 0 Å². The minimum atomic E-state index is -0.866. The minimum absolute atomic E-state index is 0.153. The highest BCUT2D eigenvalue weighted by Gasteiger charge is 2.35. The molecular formula is C33H29Br2FN2O7S. The molecule has 0 fully saturated rings. The van der Waals surface area contributed by atoms with E-state index in [0.29, 0.717) is 58.1 Å². The molecule has 1 aliphatic heterocycles. The molecule has 46 heavy (non-hydrogen) atoms. The number of halogens is 3. The largest absolute Gasteiger partial charge is 0.493 e. The van der Waals surface area contributed by atoms with Gasteiger partial charge in [0, 0.05) is 4.47 Å². The Kier molecular flexibility index (Phi) is 10.3. The maximum atomic E-state index is 14.2. The summed E-state index contributed by atoms with van der Waals surface area (Å²) in [6.07, 6.45) is 1.73. The van der Waals surface area contributed by atoms with Crippen LogP contribution in [0.5, 0.6) is 23.0 Å². The number of hydrogen-bond acceptors (Lipinski definition) is 9. The van der Waals surface area contributed by atoms with Crippen LogP contribution >= 0.6 is 43.2 Å². The van der Waals surface area contributed by atoms with E-state index in [9.17, 15) is 14.0 Å². The van der Waals surface area contributed by atoms with Crippen LogP contribution in [-0.4, -0.2) is 38.5 Å². The van der Waals surface area contributed by atoms with Gasteiger partial charge in [-0.25, -0.2) is 14.2 Å². The fourth-order valence-electron chi connectivity index (χ4n) is 5.02. The molecule has 0 saturated carbocycles. The van der Waals surface area contributed by atoms with Gasteiger partial charge in [-0.15, -0.1) is 0 Å². The monoisotopic (exact) mass is 774 g/mol. The number of aromatic nitrogens is 1. The summed E-state index contributed by atoms with van der Waals surface area (Å²) in [4.78, 5) is 32.5. The van der Waals surface area contributed by atoms with E-state index in [2.05, 4.69) is 36.9 Å². The molecule has 4 aromatic rings. The second-order valence-electron chi connectivity index (χ2n) is 9.98. The molecule has 0 aliphatic carbocycles. The van der Waals surface area contributed by atoms with Crippen LogP contribution in [0.2, 0.25) is 0 Å². The van der Waals surface area contributed by atoms with Gasteiger partial charge in [0.2, 0.25) is 0 Å². The molecule has 13 heteroatoms. The third-order valence-electron chi connectivity index (χ3n) is 7.16. The third-order valence-corrected chi connectivity index (χ3v) is 9.42. The standard InChI is InChI=1S/C33H29Br2FN2O7S/c1-6-44-32(40)28-17(2)37-33-38(29(28)21-14-24(41-3)25(42-4)15-22(21)34)31(39)27(46-33)13-19-11-23(35)30(26(12-19)43-5)45-16-18-7-9-20(36)10-8-18/h7-15,29H,6,16H2,1-5H3/b27-13-/t29-/m1/s1. The van der Waals surface area contributed by atoms with Crippen LogP contribution < -0.4 is 33.8 Å². The first-order valence-electron chi connectivity index (χ1n) is 14.0. The van der Waals surface area contributed by atoms with Gasteiger partial charge >= 0.3 is 5.97 Å². The summed E-state index contributed by atoms with van der Waals surface area (Å²) < 4.78 is 44.4. The van der Waals surface area contributed by atoms with Gasteiger partial charge in [0.25, 0.3) is 5.56 Å². The number of allylic oxidation sites excluding steroid dienone is 1. The summed E-state index contributed by atoms with van der Waals surface area (Å²) in [5.41, 5.74) is 2.36. The second kappa shape index (κ2) is 14.2. The zero-order valence-corrected chi connectivity index (χ0v) is 29.5. The Morgan fingerprint density at radius 3 is 2.33 bits per heavy atom. The number of benzene rings is 3. The molecule has 1 aromatic heterocycles. The maximum absolute atomic E-state index is 14.2. The Morgan fingerprint density at radius 2 is 1.67 bits per heavy atom. The first-order valence-corrected chi connectivity index (χ1v) is 16.4. The molecule has 0 amide bonds. The van der Waals surface area contributed by atoms with E-state index in [0.717, 1.165) is 5.56 Å².